The summed E-state index contributed by atoms with van der Waals surface area (Å²) in [5, 5.41) is 4.28. The van der Waals surface area contributed by atoms with Crippen molar-refractivity contribution in [3.63, 3.8) is 0 Å². The van der Waals surface area contributed by atoms with Gasteiger partial charge in [-0.3, -0.25) is 4.79 Å². The van der Waals surface area contributed by atoms with E-state index in [9.17, 15) is 9.18 Å². The zero-order valence-electron chi connectivity index (χ0n) is 16.2. The van der Waals surface area contributed by atoms with Crippen LogP contribution in [0, 0.1) is 5.82 Å². The van der Waals surface area contributed by atoms with Gasteiger partial charge in [0, 0.05) is 5.56 Å². The molecule has 2 heterocycles. The van der Waals surface area contributed by atoms with Gasteiger partial charge >= 0.3 is 0 Å². The van der Waals surface area contributed by atoms with E-state index in [-0.39, 0.29) is 11.4 Å². The first-order chi connectivity index (χ1) is 15.2. The van der Waals surface area contributed by atoms with Gasteiger partial charge in [0.15, 0.2) is 5.82 Å². The minimum atomic E-state index is -0.331. The highest BCUT2D eigenvalue weighted by atomic mass is 32.1. The topological polar surface area (TPSA) is 56.5 Å². The van der Waals surface area contributed by atoms with E-state index in [1.165, 1.54) is 28.0 Å². The average molecular weight is 429 g/mol. The fourth-order valence-electron chi connectivity index (χ4n) is 3.11. The molecule has 5 rings (SSSR count). The van der Waals surface area contributed by atoms with Crippen LogP contribution in [0.2, 0.25) is 0 Å². The van der Waals surface area contributed by atoms with Crippen LogP contribution in [0.1, 0.15) is 11.1 Å². The van der Waals surface area contributed by atoms with Crippen molar-refractivity contribution in [3.05, 3.63) is 111 Å². The Kier molecular flexibility index (Phi) is 5.01. The lowest BCUT2D eigenvalue weighted by Gasteiger charge is -2.06. The van der Waals surface area contributed by atoms with Gasteiger partial charge in [0.25, 0.3) is 5.56 Å². The van der Waals surface area contributed by atoms with Crippen molar-refractivity contribution >= 4 is 22.4 Å². The molecule has 0 aliphatic carbocycles. The number of hydrogen-bond acceptors (Lipinski definition) is 5. The summed E-state index contributed by atoms with van der Waals surface area (Å²) in [6, 6.07) is 23.4. The summed E-state index contributed by atoms with van der Waals surface area (Å²) in [6.45, 7) is 0.499. The number of fused-ring (bicyclic) bond motifs is 1. The number of aromatic nitrogens is 3. The van der Waals surface area contributed by atoms with E-state index in [2.05, 4.69) is 10.1 Å². The van der Waals surface area contributed by atoms with E-state index in [1.54, 1.807) is 12.1 Å². The van der Waals surface area contributed by atoms with Crippen LogP contribution >= 0.6 is 11.3 Å². The Morgan fingerprint density at radius 1 is 0.968 bits per heavy atom. The minimum Gasteiger partial charge on any atom is -0.489 e. The molecular weight excluding hydrogens is 413 g/mol. The first-order valence-electron chi connectivity index (χ1n) is 9.60. The lowest BCUT2D eigenvalue weighted by Crippen LogP contribution is -2.23. The number of hydrogen-bond donors (Lipinski definition) is 0. The zero-order valence-corrected chi connectivity index (χ0v) is 17.1. The van der Waals surface area contributed by atoms with Gasteiger partial charge in [0.2, 0.25) is 4.96 Å². The van der Waals surface area contributed by atoms with Gasteiger partial charge in [-0.1, -0.05) is 53.8 Å². The highest BCUT2D eigenvalue weighted by Crippen LogP contribution is 2.17. The number of thiazole rings is 1. The molecule has 31 heavy (non-hydrogen) atoms. The van der Waals surface area contributed by atoms with Crippen LogP contribution in [-0.2, 0) is 6.61 Å². The van der Waals surface area contributed by atoms with Gasteiger partial charge in [-0.15, -0.1) is 5.10 Å². The Morgan fingerprint density at radius 3 is 2.42 bits per heavy atom. The number of rotatable bonds is 5. The molecular formula is C24H16FN3O2S. The summed E-state index contributed by atoms with van der Waals surface area (Å²) in [7, 11) is 0. The van der Waals surface area contributed by atoms with E-state index < -0.39 is 0 Å². The van der Waals surface area contributed by atoms with Gasteiger partial charge in [0.05, 0.1) is 4.53 Å². The molecule has 5 aromatic rings. The summed E-state index contributed by atoms with van der Waals surface area (Å²) < 4.78 is 20.7. The third-order valence-electron chi connectivity index (χ3n) is 4.71. The van der Waals surface area contributed by atoms with Crippen LogP contribution in [0.15, 0.2) is 83.7 Å². The van der Waals surface area contributed by atoms with Gasteiger partial charge in [0.1, 0.15) is 18.2 Å². The first kappa shape index (κ1) is 19.1. The summed E-state index contributed by atoms with van der Waals surface area (Å²) in [4.78, 5) is 17.6. The van der Waals surface area contributed by atoms with Crippen LogP contribution in [0.4, 0.5) is 4.39 Å². The van der Waals surface area contributed by atoms with Crippen molar-refractivity contribution in [2.24, 2.45) is 0 Å². The molecule has 0 atom stereocenters. The molecule has 0 aliphatic heterocycles. The molecule has 3 aromatic carbocycles. The molecule has 0 fully saturated rings. The largest absolute Gasteiger partial charge is 0.489 e. The molecule has 0 saturated carbocycles. The van der Waals surface area contributed by atoms with Crippen molar-refractivity contribution in [2.45, 2.75) is 6.61 Å². The average Bonchev–Trinajstić information content (AvgIpc) is 3.34. The molecule has 0 saturated heterocycles. The maximum Gasteiger partial charge on any atom is 0.291 e. The normalized spacial score (nSPS) is 11.8. The van der Waals surface area contributed by atoms with Gasteiger partial charge in [-0.25, -0.2) is 4.39 Å². The Balaban J connectivity index is 1.37. The van der Waals surface area contributed by atoms with E-state index >= 15 is 0 Å². The molecule has 0 aliphatic rings. The highest BCUT2D eigenvalue weighted by molar-refractivity contribution is 7.15. The van der Waals surface area contributed by atoms with Gasteiger partial charge in [-0.05, 0) is 53.6 Å². The fourth-order valence-corrected chi connectivity index (χ4v) is 4.02. The van der Waals surface area contributed by atoms with Crippen LogP contribution in [0.5, 0.6) is 5.75 Å². The van der Waals surface area contributed by atoms with E-state index in [0.29, 0.717) is 27.5 Å². The summed E-state index contributed by atoms with van der Waals surface area (Å²) in [6.07, 6.45) is 1.81. The standard InChI is InChI=1S/C24H16FN3O2S/c25-19-10-8-18(9-11-19)22-26-24-28(27-22)23(29)21(31-24)14-16-6-12-20(13-7-16)30-15-17-4-2-1-3-5-17/h1-14H,15H2/b21-14+. The lowest BCUT2D eigenvalue weighted by molar-refractivity contribution is 0.306. The van der Waals surface area contributed by atoms with Crippen LogP contribution in [-0.4, -0.2) is 14.6 Å². The molecule has 152 valence electrons. The second-order valence-corrected chi connectivity index (χ2v) is 7.90. The molecule has 0 N–H and O–H groups in total. The monoisotopic (exact) mass is 429 g/mol. The third kappa shape index (κ3) is 4.08. The van der Waals surface area contributed by atoms with Gasteiger partial charge < -0.3 is 4.74 Å². The van der Waals surface area contributed by atoms with Gasteiger partial charge in [-0.2, -0.15) is 9.50 Å². The van der Waals surface area contributed by atoms with E-state index in [1.807, 2.05) is 60.7 Å². The van der Waals surface area contributed by atoms with Crippen LogP contribution < -0.4 is 14.8 Å². The SMILES string of the molecule is O=c1/c(=C\c2ccc(OCc3ccccc3)cc2)sc2nc(-c3ccc(F)cc3)nn12. The Morgan fingerprint density at radius 2 is 1.71 bits per heavy atom. The second kappa shape index (κ2) is 8.12. The van der Waals surface area contributed by atoms with Crippen molar-refractivity contribution in [1.82, 2.24) is 14.6 Å². The van der Waals surface area contributed by atoms with Crippen molar-refractivity contribution in [3.8, 4) is 17.1 Å². The molecule has 2 aromatic heterocycles. The maximum absolute atomic E-state index is 13.1. The third-order valence-corrected chi connectivity index (χ3v) is 5.67. The molecule has 0 bridgehead atoms. The molecule has 0 amide bonds. The molecule has 0 spiro atoms. The number of nitrogens with zero attached hydrogens (tertiary/aromatic N) is 3. The number of ether oxygens (including phenoxy) is 1. The van der Waals surface area contributed by atoms with Crippen molar-refractivity contribution < 1.29 is 9.13 Å². The predicted molar refractivity (Wildman–Crippen MR) is 119 cm³/mol. The quantitative estimate of drug-likeness (QED) is 0.422. The molecule has 0 radical (unpaired) electrons. The van der Waals surface area contributed by atoms with E-state index in [4.69, 9.17) is 4.74 Å². The summed E-state index contributed by atoms with van der Waals surface area (Å²) in [5.74, 6) is 0.826. The Hall–Kier alpha value is -3.84. The van der Waals surface area contributed by atoms with Crippen LogP contribution in [0.25, 0.3) is 22.4 Å². The Bertz CT molecular complexity index is 1440. The molecule has 7 heteroatoms. The first-order valence-corrected chi connectivity index (χ1v) is 10.4. The minimum absolute atomic E-state index is 0.231. The van der Waals surface area contributed by atoms with Crippen molar-refractivity contribution in [2.75, 3.05) is 0 Å². The Labute approximate surface area is 180 Å². The zero-order chi connectivity index (χ0) is 21.2. The number of benzene rings is 3. The summed E-state index contributed by atoms with van der Waals surface area (Å²) >= 11 is 1.27. The summed E-state index contributed by atoms with van der Waals surface area (Å²) in [5.41, 5.74) is 2.41. The highest BCUT2D eigenvalue weighted by Gasteiger charge is 2.12. The molecule has 5 nitrogen and oxygen atoms in total. The molecule has 0 unspecified atom stereocenters. The number of halogens is 1. The van der Waals surface area contributed by atoms with E-state index in [0.717, 1.165) is 16.9 Å². The maximum atomic E-state index is 13.1. The predicted octanol–water partition coefficient (Wildman–Crippen LogP) is 4.08. The lowest BCUT2D eigenvalue weighted by atomic mass is 10.2. The van der Waals surface area contributed by atoms with Crippen LogP contribution in [0.3, 0.4) is 0 Å². The second-order valence-electron chi connectivity index (χ2n) is 6.90. The fraction of sp³-hybridized carbons (Fsp3) is 0.0417. The van der Waals surface area contributed by atoms with Crippen molar-refractivity contribution in [1.29, 1.82) is 0 Å². The smallest absolute Gasteiger partial charge is 0.291 e.